The van der Waals surface area contributed by atoms with E-state index in [2.05, 4.69) is 27.2 Å². The van der Waals surface area contributed by atoms with E-state index in [1.165, 1.54) is 0 Å². The Labute approximate surface area is 144 Å². The normalized spacial score (nSPS) is 21.7. The molecule has 1 fully saturated rings. The zero-order valence-corrected chi connectivity index (χ0v) is 15.4. The minimum absolute atomic E-state index is 0.0946. The molecule has 1 aliphatic heterocycles. The molecule has 0 saturated carbocycles. The van der Waals surface area contributed by atoms with Crippen LogP contribution in [0.1, 0.15) is 40.3 Å². The van der Waals surface area contributed by atoms with Crippen molar-refractivity contribution in [3.8, 4) is 0 Å². The third-order valence-electron chi connectivity index (χ3n) is 4.26. The predicted molar refractivity (Wildman–Crippen MR) is 93.0 cm³/mol. The Morgan fingerprint density at radius 1 is 1.50 bits per heavy atom. The summed E-state index contributed by atoms with van der Waals surface area (Å²) in [5.41, 5.74) is 0.709. The summed E-state index contributed by atoms with van der Waals surface area (Å²) in [7, 11) is 0. The van der Waals surface area contributed by atoms with Crippen molar-refractivity contribution in [3.05, 3.63) is 11.8 Å². The summed E-state index contributed by atoms with van der Waals surface area (Å²) in [5.74, 6) is 0.300. The SMILES string of the molecule is CC(O)CN1CCN(CC(=O)Nc2cc(C(C)(C)C)no2)CC1C. The molecule has 2 atom stereocenters. The van der Waals surface area contributed by atoms with Gasteiger partial charge in [-0.15, -0.1) is 0 Å². The van der Waals surface area contributed by atoms with Crippen LogP contribution in [-0.2, 0) is 10.2 Å². The van der Waals surface area contributed by atoms with Gasteiger partial charge in [-0.2, -0.15) is 0 Å². The van der Waals surface area contributed by atoms with E-state index in [9.17, 15) is 9.90 Å². The number of nitrogens with one attached hydrogen (secondary N) is 1. The second-order valence-electron chi connectivity index (χ2n) is 7.80. The van der Waals surface area contributed by atoms with Crippen molar-refractivity contribution in [2.45, 2.75) is 52.2 Å². The van der Waals surface area contributed by atoms with Gasteiger partial charge in [-0.1, -0.05) is 25.9 Å². The second kappa shape index (κ2) is 7.63. The number of aliphatic hydroxyl groups is 1. The van der Waals surface area contributed by atoms with Crippen LogP contribution in [0.3, 0.4) is 0 Å². The first-order chi connectivity index (χ1) is 11.1. The minimum Gasteiger partial charge on any atom is -0.392 e. The molecule has 2 rings (SSSR count). The van der Waals surface area contributed by atoms with Crippen LogP contribution in [0.5, 0.6) is 0 Å². The molecule has 0 radical (unpaired) electrons. The first-order valence-corrected chi connectivity index (χ1v) is 8.56. The molecule has 136 valence electrons. The van der Waals surface area contributed by atoms with Crippen molar-refractivity contribution >= 4 is 11.8 Å². The van der Waals surface area contributed by atoms with Gasteiger partial charge >= 0.3 is 0 Å². The maximum Gasteiger partial charge on any atom is 0.240 e. The maximum absolute atomic E-state index is 12.2. The number of anilines is 1. The van der Waals surface area contributed by atoms with Crippen molar-refractivity contribution in [3.63, 3.8) is 0 Å². The Kier molecular flexibility index (Phi) is 6.01. The van der Waals surface area contributed by atoms with E-state index in [0.29, 0.717) is 25.0 Å². The average molecular weight is 338 g/mol. The Bertz CT molecular complexity index is 550. The van der Waals surface area contributed by atoms with Gasteiger partial charge in [0.1, 0.15) is 0 Å². The van der Waals surface area contributed by atoms with Crippen LogP contribution in [0.2, 0.25) is 0 Å². The molecule has 1 aromatic heterocycles. The van der Waals surface area contributed by atoms with Crippen molar-refractivity contribution < 1.29 is 14.4 Å². The molecule has 0 spiro atoms. The summed E-state index contributed by atoms with van der Waals surface area (Å²) in [6.07, 6.45) is -0.328. The van der Waals surface area contributed by atoms with Gasteiger partial charge in [0, 0.05) is 43.7 Å². The highest BCUT2D eigenvalue weighted by molar-refractivity contribution is 5.91. The fourth-order valence-electron chi connectivity index (χ4n) is 2.89. The van der Waals surface area contributed by atoms with Gasteiger partial charge in [0.25, 0.3) is 0 Å². The maximum atomic E-state index is 12.2. The molecule has 2 N–H and O–H groups in total. The molecule has 1 aromatic rings. The summed E-state index contributed by atoms with van der Waals surface area (Å²) in [6.45, 7) is 13.6. The van der Waals surface area contributed by atoms with Crippen molar-refractivity contribution in [2.75, 3.05) is 38.0 Å². The second-order valence-corrected chi connectivity index (χ2v) is 7.80. The van der Waals surface area contributed by atoms with Gasteiger partial charge in [-0.25, -0.2) is 0 Å². The number of hydrogen-bond donors (Lipinski definition) is 2. The van der Waals surface area contributed by atoms with Crippen LogP contribution < -0.4 is 5.32 Å². The predicted octanol–water partition coefficient (Wildman–Crippen LogP) is 1.30. The molecule has 1 saturated heterocycles. The summed E-state index contributed by atoms with van der Waals surface area (Å²) in [4.78, 5) is 16.6. The number of aliphatic hydroxyl groups excluding tert-OH is 1. The zero-order chi connectivity index (χ0) is 17.9. The monoisotopic (exact) mass is 338 g/mol. The van der Waals surface area contributed by atoms with Crippen molar-refractivity contribution in [2.24, 2.45) is 0 Å². The Hall–Kier alpha value is -1.44. The van der Waals surface area contributed by atoms with Gasteiger partial charge in [0.15, 0.2) is 0 Å². The smallest absolute Gasteiger partial charge is 0.240 e. The Morgan fingerprint density at radius 2 is 2.21 bits per heavy atom. The number of nitrogens with zero attached hydrogens (tertiary/aromatic N) is 3. The van der Waals surface area contributed by atoms with Crippen LogP contribution in [0, 0.1) is 0 Å². The number of β-amino-alcohol motifs (C(OH)–C–C–N with tert-alkyl or cyclic N) is 1. The molecule has 0 aliphatic carbocycles. The number of carbonyl (C=O) groups excluding carboxylic acids is 1. The number of carbonyl (C=O) groups is 1. The van der Waals surface area contributed by atoms with E-state index in [-0.39, 0.29) is 17.4 Å². The molecule has 0 bridgehead atoms. The van der Waals surface area contributed by atoms with Gasteiger partial charge in [-0.05, 0) is 13.8 Å². The highest BCUT2D eigenvalue weighted by Gasteiger charge is 2.26. The van der Waals surface area contributed by atoms with Crippen molar-refractivity contribution in [1.82, 2.24) is 15.0 Å². The molecule has 1 amide bonds. The van der Waals surface area contributed by atoms with E-state index >= 15 is 0 Å². The Balaban J connectivity index is 1.82. The zero-order valence-electron chi connectivity index (χ0n) is 15.4. The minimum atomic E-state index is -0.328. The molecule has 0 aromatic carbocycles. The van der Waals surface area contributed by atoms with Crippen LogP contribution in [0.4, 0.5) is 5.88 Å². The van der Waals surface area contributed by atoms with E-state index in [4.69, 9.17) is 4.52 Å². The Morgan fingerprint density at radius 3 is 2.75 bits per heavy atom. The topological polar surface area (TPSA) is 81.8 Å². The van der Waals surface area contributed by atoms with Crippen LogP contribution in [-0.4, -0.2) is 70.8 Å². The standard InChI is InChI=1S/C17H30N4O3/c1-12-9-20(6-7-21(12)10-13(2)22)11-15(23)18-16-8-14(19-24-16)17(3,4)5/h8,12-13,22H,6-7,9-11H2,1-5H3,(H,18,23). The summed E-state index contributed by atoms with van der Waals surface area (Å²) in [5, 5.41) is 16.3. The molecule has 2 heterocycles. The molecule has 2 unspecified atom stereocenters. The summed E-state index contributed by atoms with van der Waals surface area (Å²) in [6, 6.07) is 2.10. The number of amides is 1. The van der Waals surface area contributed by atoms with E-state index < -0.39 is 0 Å². The molecular weight excluding hydrogens is 308 g/mol. The van der Waals surface area contributed by atoms with Crippen LogP contribution in [0.25, 0.3) is 0 Å². The van der Waals surface area contributed by atoms with Gasteiger partial charge in [-0.3, -0.25) is 19.9 Å². The fourth-order valence-corrected chi connectivity index (χ4v) is 2.89. The lowest BCUT2D eigenvalue weighted by Gasteiger charge is -2.40. The number of piperazine rings is 1. The van der Waals surface area contributed by atoms with Crippen LogP contribution in [0.15, 0.2) is 10.6 Å². The first-order valence-electron chi connectivity index (χ1n) is 8.56. The summed E-state index contributed by atoms with van der Waals surface area (Å²) >= 11 is 0. The van der Waals surface area contributed by atoms with Gasteiger partial charge in [0.05, 0.1) is 18.3 Å². The number of rotatable bonds is 5. The average Bonchev–Trinajstić information content (AvgIpc) is 2.90. The highest BCUT2D eigenvalue weighted by atomic mass is 16.5. The van der Waals surface area contributed by atoms with E-state index in [1.54, 1.807) is 13.0 Å². The van der Waals surface area contributed by atoms with Gasteiger partial charge in [0.2, 0.25) is 11.8 Å². The lowest BCUT2D eigenvalue weighted by molar-refractivity contribution is -0.118. The highest BCUT2D eigenvalue weighted by Crippen LogP contribution is 2.23. The third kappa shape index (κ3) is 5.29. The largest absolute Gasteiger partial charge is 0.392 e. The first kappa shape index (κ1) is 18.9. The lowest BCUT2D eigenvalue weighted by atomic mass is 9.92. The number of aromatic nitrogens is 1. The van der Waals surface area contributed by atoms with Crippen molar-refractivity contribution in [1.29, 1.82) is 0 Å². The lowest BCUT2D eigenvalue weighted by Crippen LogP contribution is -2.54. The third-order valence-corrected chi connectivity index (χ3v) is 4.26. The summed E-state index contributed by atoms with van der Waals surface area (Å²) < 4.78 is 5.20. The molecular formula is C17H30N4O3. The molecule has 7 heteroatoms. The van der Waals surface area contributed by atoms with E-state index in [1.807, 2.05) is 20.8 Å². The quantitative estimate of drug-likeness (QED) is 0.842. The van der Waals surface area contributed by atoms with Crippen LogP contribution >= 0.6 is 0 Å². The van der Waals surface area contributed by atoms with Gasteiger partial charge < -0.3 is 9.63 Å². The number of hydrogen-bond acceptors (Lipinski definition) is 6. The molecule has 1 aliphatic rings. The fraction of sp³-hybridized carbons (Fsp3) is 0.765. The van der Waals surface area contributed by atoms with E-state index in [0.717, 1.165) is 25.3 Å². The molecule has 7 nitrogen and oxygen atoms in total. The molecule has 24 heavy (non-hydrogen) atoms.